The molecular weight excluding hydrogens is 256 g/mol. The highest BCUT2D eigenvalue weighted by Crippen LogP contribution is 2.31. The van der Waals surface area contributed by atoms with Crippen molar-refractivity contribution >= 4 is 5.97 Å². The Hall–Kier alpha value is -1.55. The number of carbonyl (C=O) groups is 1. The molecule has 0 aromatic heterocycles. The summed E-state index contributed by atoms with van der Waals surface area (Å²) in [6.45, 7) is 7.48. The number of hydrogen-bond donors (Lipinski definition) is 1. The van der Waals surface area contributed by atoms with Crippen LogP contribution >= 0.6 is 0 Å². The van der Waals surface area contributed by atoms with E-state index in [9.17, 15) is 9.90 Å². The fourth-order valence-corrected chi connectivity index (χ4v) is 2.08. The maximum absolute atomic E-state index is 12.3. The second-order valence-corrected chi connectivity index (χ2v) is 5.13. The van der Waals surface area contributed by atoms with E-state index in [1.54, 1.807) is 19.1 Å². The number of aryl methyl sites for hydroxylation is 1. The molecule has 0 saturated heterocycles. The third kappa shape index (κ3) is 3.31. The Morgan fingerprint density at radius 2 is 2.00 bits per heavy atom. The van der Waals surface area contributed by atoms with Gasteiger partial charge in [-0.1, -0.05) is 33.3 Å². The van der Waals surface area contributed by atoms with Crippen LogP contribution in [0, 0.1) is 12.8 Å². The van der Waals surface area contributed by atoms with E-state index in [1.165, 1.54) is 7.11 Å². The summed E-state index contributed by atoms with van der Waals surface area (Å²) in [7, 11) is 1.52. The molecule has 0 aliphatic carbocycles. The van der Waals surface area contributed by atoms with Crippen LogP contribution in [-0.4, -0.2) is 23.8 Å². The molecule has 1 aromatic carbocycles. The molecule has 4 heteroatoms. The van der Waals surface area contributed by atoms with Gasteiger partial charge < -0.3 is 14.6 Å². The Labute approximate surface area is 120 Å². The van der Waals surface area contributed by atoms with Crippen LogP contribution in [0.1, 0.15) is 39.2 Å². The zero-order chi connectivity index (χ0) is 15.3. The molecule has 0 spiro atoms. The van der Waals surface area contributed by atoms with Crippen LogP contribution in [0.2, 0.25) is 0 Å². The van der Waals surface area contributed by atoms with E-state index in [0.29, 0.717) is 24.3 Å². The minimum Gasteiger partial charge on any atom is -0.493 e. The minimum absolute atomic E-state index is 0.170. The van der Waals surface area contributed by atoms with Crippen LogP contribution in [0.5, 0.6) is 11.5 Å². The summed E-state index contributed by atoms with van der Waals surface area (Å²) in [5.41, 5.74) is -0.459. The maximum Gasteiger partial charge on any atom is 0.343 e. The number of esters is 1. The van der Waals surface area contributed by atoms with Gasteiger partial charge in [-0.2, -0.15) is 0 Å². The number of aliphatic hydroxyl groups is 1. The Morgan fingerprint density at radius 1 is 1.35 bits per heavy atom. The van der Waals surface area contributed by atoms with Gasteiger partial charge in [0.15, 0.2) is 17.1 Å². The predicted octanol–water partition coefficient (Wildman–Crippen LogP) is 3.10. The molecule has 0 radical (unpaired) electrons. The highest BCUT2D eigenvalue weighted by Gasteiger charge is 2.41. The highest BCUT2D eigenvalue weighted by molar-refractivity contribution is 5.82. The van der Waals surface area contributed by atoms with Gasteiger partial charge in [0.2, 0.25) is 0 Å². The average Bonchev–Trinajstić information content (AvgIpc) is 2.46. The molecule has 2 atom stereocenters. The first-order valence-corrected chi connectivity index (χ1v) is 6.98. The second-order valence-electron chi connectivity index (χ2n) is 5.13. The average molecular weight is 280 g/mol. The van der Waals surface area contributed by atoms with Crippen molar-refractivity contribution in [3.05, 3.63) is 23.8 Å². The van der Waals surface area contributed by atoms with Crippen molar-refractivity contribution in [3.63, 3.8) is 0 Å². The second kappa shape index (κ2) is 6.75. The first-order valence-electron chi connectivity index (χ1n) is 6.98. The molecule has 4 nitrogen and oxygen atoms in total. The van der Waals surface area contributed by atoms with Gasteiger partial charge in [-0.25, -0.2) is 4.79 Å². The summed E-state index contributed by atoms with van der Waals surface area (Å²) in [4.78, 5) is 12.3. The SMILES string of the molecule is CCC(C)C(O)(CC)C(=O)Oc1ccc(C)cc1OC. The molecule has 1 aromatic rings. The zero-order valence-corrected chi connectivity index (χ0v) is 12.9. The monoisotopic (exact) mass is 280 g/mol. The van der Waals surface area contributed by atoms with E-state index in [2.05, 4.69) is 0 Å². The number of benzene rings is 1. The van der Waals surface area contributed by atoms with Gasteiger partial charge in [-0.15, -0.1) is 0 Å². The van der Waals surface area contributed by atoms with Crippen molar-refractivity contribution < 1.29 is 19.4 Å². The summed E-state index contributed by atoms with van der Waals surface area (Å²) in [5, 5.41) is 10.5. The Kier molecular flexibility index (Phi) is 5.57. The van der Waals surface area contributed by atoms with Crippen LogP contribution in [-0.2, 0) is 4.79 Å². The maximum atomic E-state index is 12.3. The third-order valence-corrected chi connectivity index (χ3v) is 3.84. The van der Waals surface area contributed by atoms with Crippen LogP contribution < -0.4 is 9.47 Å². The van der Waals surface area contributed by atoms with Crippen LogP contribution in [0.15, 0.2) is 18.2 Å². The molecule has 1 rings (SSSR count). The van der Waals surface area contributed by atoms with E-state index in [4.69, 9.17) is 9.47 Å². The lowest BCUT2D eigenvalue weighted by Gasteiger charge is -2.30. The predicted molar refractivity (Wildman–Crippen MR) is 78.1 cm³/mol. The van der Waals surface area contributed by atoms with Gasteiger partial charge in [-0.05, 0) is 37.0 Å². The minimum atomic E-state index is -1.47. The first kappa shape index (κ1) is 16.5. The topological polar surface area (TPSA) is 55.8 Å². The van der Waals surface area contributed by atoms with Crippen molar-refractivity contribution in [1.29, 1.82) is 0 Å². The number of rotatable bonds is 6. The highest BCUT2D eigenvalue weighted by atomic mass is 16.6. The molecule has 0 heterocycles. The molecule has 0 amide bonds. The molecule has 20 heavy (non-hydrogen) atoms. The van der Waals surface area contributed by atoms with Gasteiger partial charge in [0.05, 0.1) is 7.11 Å². The zero-order valence-electron chi connectivity index (χ0n) is 12.9. The van der Waals surface area contributed by atoms with E-state index in [0.717, 1.165) is 5.56 Å². The van der Waals surface area contributed by atoms with Gasteiger partial charge >= 0.3 is 5.97 Å². The van der Waals surface area contributed by atoms with Crippen LogP contribution in [0.25, 0.3) is 0 Å². The lowest BCUT2D eigenvalue weighted by molar-refractivity contribution is -0.161. The van der Waals surface area contributed by atoms with E-state index in [-0.39, 0.29) is 5.92 Å². The van der Waals surface area contributed by atoms with Crippen LogP contribution in [0.4, 0.5) is 0 Å². The lowest BCUT2D eigenvalue weighted by atomic mass is 9.84. The number of methoxy groups -OCH3 is 1. The smallest absolute Gasteiger partial charge is 0.343 e. The molecule has 1 N–H and O–H groups in total. The summed E-state index contributed by atoms with van der Waals surface area (Å²) in [6.07, 6.45) is 1.01. The fraction of sp³-hybridized carbons (Fsp3) is 0.562. The van der Waals surface area contributed by atoms with E-state index >= 15 is 0 Å². The van der Waals surface area contributed by atoms with Crippen molar-refractivity contribution in [3.8, 4) is 11.5 Å². The Balaban J connectivity index is 3.00. The van der Waals surface area contributed by atoms with E-state index in [1.807, 2.05) is 26.8 Å². The number of hydrogen-bond acceptors (Lipinski definition) is 4. The van der Waals surface area contributed by atoms with Crippen molar-refractivity contribution in [2.45, 2.75) is 46.1 Å². The molecule has 112 valence electrons. The van der Waals surface area contributed by atoms with Crippen molar-refractivity contribution in [2.75, 3.05) is 7.11 Å². The molecule has 0 saturated carbocycles. The Morgan fingerprint density at radius 3 is 2.50 bits per heavy atom. The lowest BCUT2D eigenvalue weighted by Crippen LogP contribution is -2.46. The quantitative estimate of drug-likeness (QED) is 0.642. The first-order chi connectivity index (χ1) is 9.38. The van der Waals surface area contributed by atoms with Gasteiger partial charge in [-0.3, -0.25) is 0 Å². The summed E-state index contributed by atoms with van der Waals surface area (Å²) < 4.78 is 10.6. The molecule has 0 aliphatic rings. The molecule has 0 aliphatic heterocycles. The molecule has 0 fully saturated rings. The fourth-order valence-electron chi connectivity index (χ4n) is 2.08. The van der Waals surface area contributed by atoms with Crippen molar-refractivity contribution in [1.82, 2.24) is 0 Å². The molecular formula is C16H24O4. The summed E-state index contributed by atoms with van der Waals surface area (Å²) in [6, 6.07) is 5.30. The van der Waals surface area contributed by atoms with Gasteiger partial charge in [0.1, 0.15) is 0 Å². The van der Waals surface area contributed by atoms with Gasteiger partial charge in [0.25, 0.3) is 0 Å². The molecule has 0 bridgehead atoms. The van der Waals surface area contributed by atoms with Crippen molar-refractivity contribution in [2.24, 2.45) is 5.92 Å². The van der Waals surface area contributed by atoms with E-state index < -0.39 is 11.6 Å². The van der Waals surface area contributed by atoms with Crippen LogP contribution in [0.3, 0.4) is 0 Å². The number of ether oxygens (including phenoxy) is 2. The standard InChI is InChI=1S/C16H24O4/c1-6-12(4)16(18,7-2)15(17)20-13-9-8-11(3)10-14(13)19-5/h8-10,12,18H,6-7H2,1-5H3. The normalized spacial score (nSPS) is 15.3. The summed E-state index contributed by atoms with van der Waals surface area (Å²) >= 11 is 0. The Bertz CT molecular complexity index is 470. The number of carbonyl (C=O) groups excluding carboxylic acids is 1. The molecule has 2 unspecified atom stereocenters. The largest absolute Gasteiger partial charge is 0.493 e. The third-order valence-electron chi connectivity index (χ3n) is 3.84. The summed E-state index contributed by atoms with van der Waals surface area (Å²) in [5.74, 6) is 0.0205. The van der Waals surface area contributed by atoms with Gasteiger partial charge in [0, 0.05) is 0 Å².